The maximum absolute atomic E-state index is 13.6. The summed E-state index contributed by atoms with van der Waals surface area (Å²) in [7, 11) is -4.11. The zero-order valence-corrected chi connectivity index (χ0v) is 26.9. The number of fused-ring (bicyclic) bond motifs is 1. The largest absolute Gasteiger partial charge is 0.474 e. The van der Waals surface area contributed by atoms with Gasteiger partial charge in [0.15, 0.2) is 22.2 Å². The molecule has 5 unspecified atom stereocenters. The number of nitrogens with two attached hydrogens (primary N) is 1. The molecule has 0 radical (unpaired) electrons. The first-order chi connectivity index (χ1) is 19.1. The smallest absolute Gasteiger partial charge is 0.366 e. The Hall–Kier alpha value is -1.22. The molecule has 0 spiro atoms. The lowest BCUT2D eigenvalue weighted by Crippen LogP contribution is -2.40. The van der Waals surface area contributed by atoms with E-state index in [0.717, 1.165) is 23.5 Å². The molecule has 0 aromatic heterocycles. The quantitative estimate of drug-likeness (QED) is 0.216. The molecular formula is C26H41N2O10PS2. The predicted octanol–water partition coefficient (Wildman–Crippen LogP) is 3.95. The van der Waals surface area contributed by atoms with Gasteiger partial charge in [-0.25, -0.2) is 4.57 Å². The van der Waals surface area contributed by atoms with Gasteiger partial charge in [0.05, 0.1) is 19.8 Å². The van der Waals surface area contributed by atoms with Crippen molar-refractivity contribution in [2.24, 2.45) is 11.1 Å². The summed E-state index contributed by atoms with van der Waals surface area (Å²) in [4.78, 5) is 37.3. The van der Waals surface area contributed by atoms with Crippen LogP contribution in [0.25, 0.3) is 0 Å². The molecule has 0 saturated carbocycles. The third kappa shape index (κ3) is 9.90. The Labute approximate surface area is 250 Å². The maximum atomic E-state index is 13.6. The highest BCUT2D eigenvalue weighted by atomic mass is 32.2. The molecule has 2 saturated heterocycles. The van der Waals surface area contributed by atoms with Gasteiger partial charge in [-0.2, -0.15) is 0 Å². The summed E-state index contributed by atoms with van der Waals surface area (Å²) in [5.74, 6) is -0.922. The second-order valence-corrected chi connectivity index (χ2v) is 14.9. The number of carbonyl (C=O) groups excluding carboxylic acids is 3. The molecule has 41 heavy (non-hydrogen) atoms. The number of primary amides is 1. The van der Waals surface area contributed by atoms with E-state index < -0.39 is 49.5 Å². The standard InChI is InChI=1S/C26H41N2O10PS2/c1-7-19(29)40-13-11-33-39(32,34-12-14-41-24(31)25(2,3)4)35-16-18-20-21(38-26(5,6)37-20)23(36-18)28-10-8-9-17(15-28)22(27)30/h8,10,15,18,20-21,23H,7,9,11-14,16H2,1-6H3,(H2,27,30). The summed E-state index contributed by atoms with van der Waals surface area (Å²) in [5, 5.41) is -0.0370. The summed E-state index contributed by atoms with van der Waals surface area (Å²) >= 11 is 2.15. The van der Waals surface area contributed by atoms with E-state index >= 15 is 0 Å². The Bertz CT molecular complexity index is 1080. The molecule has 0 bridgehead atoms. The molecule has 12 nitrogen and oxygen atoms in total. The Kier molecular flexibility index (Phi) is 12.1. The van der Waals surface area contributed by atoms with Crippen LogP contribution in [0, 0.1) is 5.41 Å². The lowest BCUT2D eigenvalue weighted by Gasteiger charge is -2.31. The number of hydrogen-bond acceptors (Lipinski definition) is 13. The fourth-order valence-corrected chi connectivity index (χ4v) is 6.93. The van der Waals surface area contributed by atoms with Crippen molar-refractivity contribution in [1.29, 1.82) is 0 Å². The molecule has 3 aliphatic heterocycles. The van der Waals surface area contributed by atoms with Crippen molar-refractivity contribution in [2.75, 3.05) is 31.3 Å². The average Bonchev–Trinajstić information content (AvgIpc) is 3.40. The molecule has 0 aliphatic carbocycles. The van der Waals surface area contributed by atoms with Crippen LogP contribution in [0.15, 0.2) is 24.0 Å². The molecule has 3 rings (SSSR count). The summed E-state index contributed by atoms with van der Waals surface area (Å²) < 4.78 is 48.8. The van der Waals surface area contributed by atoms with Crippen LogP contribution in [0.3, 0.4) is 0 Å². The number of ether oxygens (including phenoxy) is 3. The minimum Gasteiger partial charge on any atom is -0.366 e. The van der Waals surface area contributed by atoms with Crippen molar-refractivity contribution in [3.8, 4) is 0 Å². The molecule has 232 valence electrons. The molecule has 0 aromatic rings. The number of rotatable bonds is 14. The molecule has 15 heteroatoms. The van der Waals surface area contributed by atoms with Crippen LogP contribution >= 0.6 is 31.3 Å². The Balaban J connectivity index is 1.67. The topological polar surface area (TPSA) is 153 Å². The average molecular weight is 637 g/mol. The molecule has 1 amide bonds. The fraction of sp³-hybridized carbons (Fsp3) is 0.731. The first-order valence-corrected chi connectivity index (χ1v) is 16.9. The molecule has 5 atom stereocenters. The molecule has 3 heterocycles. The highest BCUT2D eigenvalue weighted by Gasteiger charge is 2.57. The summed E-state index contributed by atoms with van der Waals surface area (Å²) in [5.41, 5.74) is 5.37. The lowest BCUT2D eigenvalue weighted by molar-refractivity contribution is -0.201. The summed E-state index contributed by atoms with van der Waals surface area (Å²) in [6.07, 6.45) is 3.44. The normalized spacial score (nSPS) is 26.9. The maximum Gasteiger partial charge on any atom is 0.474 e. The molecule has 2 fully saturated rings. The predicted molar refractivity (Wildman–Crippen MR) is 155 cm³/mol. The van der Waals surface area contributed by atoms with E-state index in [1.807, 2.05) is 20.8 Å². The van der Waals surface area contributed by atoms with Crippen LogP contribution in [0.2, 0.25) is 0 Å². The molecule has 2 N–H and O–H groups in total. The highest BCUT2D eigenvalue weighted by molar-refractivity contribution is 8.13. The third-order valence-electron chi connectivity index (χ3n) is 6.12. The van der Waals surface area contributed by atoms with Crippen molar-refractivity contribution in [1.82, 2.24) is 4.90 Å². The van der Waals surface area contributed by atoms with E-state index in [1.54, 1.807) is 44.1 Å². The fourth-order valence-electron chi connectivity index (χ4n) is 4.12. The van der Waals surface area contributed by atoms with E-state index in [9.17, 15) is 18.9 Å². The van der Waals surface area contributed by atoms with Crippen LogP contribution in [-0.2, 0) is 46.7 Å². The van der Waals surface area contributed by atoms with Gasteiger partial charge in [0.25, 0.3) is 0 Å². The van der Waals surface area contributed by atoms with Crippen LogP contribution < -0.4 is 5.73 Å². The highest BCUT2D eigenvalue weighted by Crippen LogP contribution is 2.51. The number of phosphoric ester groups is 1. The summed E-state index contributed by atoms with van der Waals surface area (Å²) in [6, 6.07) is 0. The van der Waals surface area contributed by atoms with Crippen LogP contribution in [-0.4, -0.2) is 82.7 Å². The van der Waals surface area contributed by atoms with Gasteiger partial charge in [-0.15, -0.1) is 0 Å². The number of hydrogen-bond donors (Lipinski definition) is 1. The molecule has 0 aromatic carbocycles. The van der Waals surface area contributed by atoms with E-state index in [0.29, 0.717) is 18.4 Å². The van der Waals surface area contributed by atoms with Crippen LogP contribution in [0.5, 0.6) is 0 Å². The van der Waals surface area contributed by atoms with Crippen molar-refractivity contribution >= 4 is 47.5 Å². The zero-order valence-electron chi connectivity index (χ0n) is 24.4. The summed E-state index contributed by atoms with van der Waals surface area (Å²) in [6.45, 7) is 10.4. The van der Waals surface area contributed by atoms with Crippen molar-refractivity contribution in [2.45, 2.75) is 84.7 Å². The number of carbonyl (C=O) groups is 3. The number of phosphoric acid groups is 1. The monoisotopic (exact) mass is 636 g/mol. The van der Waals surface area contributed by atoms with E-state index in [4.69, 9.17) is 33.5 Å². The van der Waals surface area contributed by atoms with Gasteiger partial charge in [-0.05, 0) is 20.3 Å². The van der Waals surface area contributed by atoms with Gasteiger partial charge < -0.3 is 24.8 Å². The number of allylic oxidation sites excluding steroid dienone is 1. The van der Waals surface area contributed by atoms with Crippen LogP contribution in [0.1, 0.15) is 54.4 Å². The zero-order chi connectivity index (χ0) is 30.4. The van der Waals surface area contributed by atoms with Crippen molar-refractivity contribution in [3.05, 3.63) is 24.0 Å². The van der Waals surface area contributed by atoms with E-state index in [2.05, 4.69) is 0 Å². The van der Waals surface area contributed by atoms with Gasteiger partial charge >= 0.3 is 7.82 Å². The lowest BCUT2D eigenvalue weighted by atomic mass is 10.00. The van der Waals surface area contributed by atoms with E-state index in [1.165, 1.54) is 0 Å². The minimum atomic E-state index is -4.11. The molecular weight excluding hydrogens is 595 g/mol. The SMILES string of the molecule is CCC(=O)SCCOP(=O)(OCCSC(=O)C(C)(C)C)OCC1OC(N2C=CCC(C(N)=O)=C2)C2OC(C)(C)OC12. The Morgan fingerprint density at radius 2 is 1.73 bits per heavy atom. The van der Waals surface area contributed by atoms with Gasteiger partial charge in [0.2, 0.25) is 5.91 Å². The Morgan fingerprint density at radius 3 is 2.34 bits per heavy atom. The number of nitrogens with zero attached hydrogens (tertiary/aromatic N) is 1. The minimum absolute atomic E-state index is 0.0138. The second-order valence-electron chi connectivity index (χ2n) is 11.1. The van der Waals surface area contributed by atoms with Crippen LogP contribution in [0.4, 0.5) is 0 Å². The van der Waals surface area contributed by atoms with Gasteiger partial charge in [0.1, 0.15) is 18.3 Å². The first-order valence-electron chi connectivity index (χ1n) is 13.5. The first kappa shape index (κ1) is 34.3. The second kappa shape index (κ2) is 14.5. The third-order valence-corrected chi connectivity index (χ3v) is 9.81. The van der Waals surface area contributed by atoms with E-state index in [-0.39, 0.29) is 41.6 Å². The Morgan fingerprint density at radius 1 is 1.10 bits per heavy atom. The molecule has 3 aliphatic rings. The number of amides is 1. The van der Waals surface area contributed by atoms with Crippen molar-refractivity contribution in [3.63, 3.8) is 0 Å². The van der Waals surface area contributed by atoms with Crippen molar-refractivity contribution < 1.29 is 46.7 Å². The van der Waals surface area contributed by atoms with Gasteiger partial charge in [-0.3, -0.25) is 28.0 Å². The number of thioether (sulfide) groups is 2. The van der Waals surface area contributed by atoms with Gasteiger partial charge in [-0.1, -0.05) is 57.3 Å². The van der Waals surface area contributed by atoms with Gasteiger partial charge in [0, 0.05) is 41.3 Å².